The van der Waals surface area contributed by atoms with Gasteiger partial charge in [0, 0.05) is 24.3 Å². The van der Waals surface area contributed by atoms with Gasteiger partial charge in [-0.05, 0) is 37.8 Å². The second-order valence-electron chi connectivity index (χ2n) is 5.97. The van der Waals surface area contributed by atoms with Crippen molar-refractivity contribution in [3.63, 3.8) is 0 Å². The minimum absolute atomic E-state index is 0.0300. The molecule has 1 aromatic carbocycles. The van der Waals surface area contributed by atoms with E-state index in [9.17, 15) is 13.6 Å². The number of anilines is 1. The van der Waals surface area contributed by atoms with Crippen LogP contribution in [0.2, 0.25) is 0 Å². The van der Waals surface area contributed by atoms with Crippen molar-refractivity contribution in [1.82, 2.24) is 0 Å². The van der Waals surface area contributed by atoms with Crippen LogP contribution < -0.4 is 10.6 Å². The zero-order valence-corrected chi connectivity index (χ0v) is 11.2. The molecular weight excluding hydrogens is 262 g/mol. The Labute approximate surface area is 116 Å². The van der Waals surface area contributed by atoms with Crippen LogP contribution in [0.4, 0.5) is 14.5 Å². The smallest absolute Gasteiger partial charge is 0.233 e. The number of carbonyl (C=O) groups is 1. The molecule has 1 saturated carbocycles. The Morgan fingerprint density at radius 1 is 1.20 bits per heavy atom. The zero-order valence-electron chi connectivity index (χ0n) is 11.2. The number of nitrogens with two attached hydrogens (primary N) is 1. The zero-order chi connectivity index (χ0) is 14.3. The van der Waals surface area contributed by atoms with E-state index in [1.807, 2.05) is 0 Å². The lowest BCUT2D eigenvalue weighted by molar-refractivity contribution is -0.127. The Balaban J connectivity index is 1.88. The van der Waals surface area contributed by atoms with Gasteiger partial charge in [0.05, 0.1) is 5.41 Å². The quantitative estimate of drug-likeness (QED) is 0.859. The number of halogens is 2. The van der Waals surface area contributed by atoms with Crippen molar-refractivity contribution in [2.75, 3.05) is 11.4 Å². The maximum Gasteiger partial charge on any atom is 0.233 e. The summed E-state index contributed by atoms with van der Waals surface area (Å²) in [6.07, 6.45) is 4.12. The minimum Gasteiger partial charge on any atom is -0.328 e. The van der Waals surface area contributed by atoms with E-state index in [0.29, 0.717) is 18.7 Å². The van der Waals surface area contributed by atoms with Crippen molar-refractivity contribution in [2.45, 2.75) is 38.1 Å². The summed E-state index contributed by atoms with van der Waals surface area (Å²) in [5.41, 5.74) is 5.89. The van der Waals surface area contributed by atoms with Crippen molar-refractivity contribution < 1.29 is 13.6 Å². The molecule has 2 fully saturated rings. The second-order valence-corrected chi connectivity index (χ2v) is 5.97. The summed E-state index contributed by atoms with van der Waals surface area (Å²) < 4.78 is 26.6. The fourth-order valence-corrected chi connectivity index (χ4v) is 3.59. The molecule has 20 heavy (non-hydrogen) atoms. The molecule has 108 valence electrons. The van der Waals surface area contributed by atoms with Crippen LogP contribution in [0.25, 0.3) is 0 Å². The molecule has 1 spiro atoms. The third-order valence-electron chi connectivity index (χ3n) is 4.55. The number of amides is 1. The van der Waals surface area contributed by atoms with Gasteiger partial charge in [-0.2, -0.15) is 0 Å². The molecule has 0 bridgehead atoms. The highest BCUT2D eigenvalue weighted by atomic mass is 19.1. The maximum atomic E-state index is 13.3. The van der Waals surface area contributed by atoms with Gasteiger partial charge in [-0.15, -0.1) is 0 Å². The average Bonchev–Trinajstić information content (AvgIpc) is 2.66. The Morgan fingerprint density at radius 2 is 1.90 bits per heavy atom. The number of rotatable bonds is 1. The monoisotopic (exact) mass is 280 g/mol. The molecular formula is C15H18F2N2O. The van der Waals surface area contributed by atoms with Crippen LogP contribution in [0.5, 0.6) is 0 Å². The maximum absolute atomic E-state index is 13.3. The summed E-state index contributed by atoms with van der Waals surface area (Å²) in [6, 6.07) is 3.29. The lowest BCUT2D eigenvalue weighted by atomic mass is 9.71. The van der Waals surface area contributed by atoms with E-state index in [1.165, 1.54) is 17.0 Å². The van der Waals surface area contributed by atoms with Gasteiger partial charge in [0.15, 0.2) is 0 Å². The first-order valence-electron chi connectivity index (χ1n) is 7.04. The van der Waals surface area contributed by atoms with E-state index >= 15 is 0 Å². The van der Waals surface area contributed by atoms with Gasteiger partial charge < -0.3 is 10.6 Å². The molecule has 1 saturated heterocycles. The SMILES string of the molecule is N[C@H]1CCCC2(CCN(c3cc(F)cc(F)c3)C2=O)C1. The standard InChI is InChI=1S/C15H18F2N2O/c16-10-6-11(17)8-13(7-10)19-5-4-15(14(19)20)3-1-2-12(18)9-15/h6-8,12H,1-5,9,18H2/t12-,15?/m0/s1. The lowest BCUT2D eigenvalue weighted by Gasteiger charge is -2.35. The van der Waals surface area contributed by atoms with E-state index in [1.54, 1.807) is 0 Å². The lowest BCUT2D eigenvalue weighted by Crippen LogP contribution is -2.42. The summed E-state index contributed by atoms with van der Waals surface area (Å²) in [6.45, 7) is 0.508. The summed E-state index contributed by atoms with van der Waals surface area (Å²) in [4.78, 5) is 14.2. The molecule has 1 unspecified atom stereocenters. The molecule has 1 heterocycles. The normalized spacial score (nSPS) is 30.2. The van der Waals surface area contributed by atoms with Crippen LogP contribution in [-0.2, 0) is 4.79 Å². The fraction of sp³-hybridized carbons (Fsp3) is 0.533. The Bertz CT molecular complexity index is 528. The third-order valence-corrected chi connectivity index (χ3v) is 4.55. The van der Waals surface area contributed by atoms with E-state index in [0.717, 1.165) is 31.7 Å². The molecule has 3 nitrogen and oxygen atoms in total. The average molecular weight is 280 g/mol. The number of hydrogen-bond donors (Lipinski definition) is 1. The first-order chi connectivity index (χ1) is 9.50. The first kappa shape index (κ1) is 13.5. The molecule has 5 heteroatoms. The van der Waals surface area contributed by atoms with Gasteiger partial charge in [-0.3, -0.25) is 4.79 Å². The Morgan fingerprint density at radius 3 is 2.55 bits per heavy atom. The first-order valence-corrected chi connectivity index (χ1v) is 7.04. The van der Waals surface area contributed by atoms with Gasteiger partial charge in [-0.1, -0.05) is 6.42 Å². The predicted octanol–water partition coefficient (Wildman–Crippen LogP) is 2.59. The summed E-state index contributed by atoms with van der Waals surface area (Å²) >= 11 is 0. The highest BCUT2D eigenvalue weighted by Crippen LogP contribution is 2.45. The van der Waals surface area contributed by atoms with Crippen LogP contribution in [0.15, 0.2) is 18.2 Å². The highest BCUT2D eigenvalue weighted by Gasteiger charge is 2.48. The Kier molecular flexibility index (Phi) is 3.24. The number of hydrogen-bond acceptors (Lipinski definition) is 2. The third kappa shape index (κ3) is 2.20. The molecule has 2 aliphatic rings. The van der Waals surface area contributed by atoms with Gasteiger partial charge in [0.1, 0.15) is 11.6 Å². The summed E-state index contributed by atoms with van der Waals surface area (Å²) in [5, 5.41) is 0. The number of nitrogens with zero attached hydrogens (tertiary/aromatic N) is 1. The Hall–Kier alpha value is -1.49. The van der Waals surface area contributed by atoms with Crippen LogP contribution in [0.1, 0.15) is 32.1 Å². The predicted molar refractivity (Wildman–Crippen MR) is 72.2 cm³/mol. The largest absolute Gasteiger partial charge is 0.328 e. The number of carbonyl (C=O) groups excluding carboxylic acids is 1. The summed E-state index contributed by atoms with van der Waals surface area (Å²) in [7, 11) is 0. The molecule has 2 atom stereocenters. The van der Waals surface area contributed by atoms with Gasteiger partial charge in [0.2, 0.25) is 5.91 Å². The van der Waals surface area contributed by atoms with Crippen molar-refractivity contribution in [2.24, 2.45) is 11.1 Å². The fourth-order valence-electron chi connectivity index (χ4n) is 3.59. The van der Waals surface area contributed by atoms with Crippen LogP contribution in [0, 0.1) is 17.0 Å². The van der Waals surface area contributed by atoms with Crippen LogP contribution in [0.3, 0.4) is 0 Å². The van der Waals surface area contributed by atoms with Crippen molar-refractivity contribution in [1.29, 1.82) is 0 Å². The van der Waals surface area contributed by atoms with Crippen molar-refractivity contribution >= 4 is 11.6 Å². The molecule has 2 N–H and O–H groups in total. The minimum atomic E-state index is -0.658. The molecule has 0 aromatic heterocycles. The van der Waals surface area contributed by atoms with E-state index in [4.69, 9.17) is 5.73 Å². The van der Waals surface area contributed by atoms with Gasteiger partial charge >= 0.3 is 0 Å². The highest BCUT2D eigenvalue weighted by molar-refractivity contribution is 6.00. The molecule has 0 radical (unpaired) electrons. The second kappa shape index (κ2) is 4.81. The van der Waals surface area contributed by atoms with Crippen molar-refractivity contribution in [3.8, 4) is 0 Å². The van der Waals surface area contributed by atoms with Gasteiger partial charge in [-0.25, -0.2) is 8.78 Å². The van der Waals surface area contributed by atoms with Gasteiger partial charge in [0.25, 0.3) is 0 Å². The van der Waals surface area contributed by atoms with Crippen molar-refractivity contribution in [3.05, 3.63) is 29.8 Å². The molecule has 1 aromatic rings. The van der Waals surface area contributed by atoms with E-state index in [2.05, 4.69) is 0 Å². The topological polar surface area (TPSA) is 46.3 Å². The van der Waals surface area contributed by atoms with E-state index < -0.39 is 17.0 Å². The molecule has 3 rings (SSSR count). The van der Waals surface area contributed by atoms with E-state index in [-0.39, 0.29) is 11.9 Å². The summed E-state index contributed by atoms with van der Waals surface area (Å²) in [5.74, 6) is -1.35. The van der Waals surface area contributed by atoms with Crippen LogP contribution >= 0.6 is 0 Å². The molecule has 1 aliphatic heterocycles. The molecule has 1 aliphatic carbocycles. The molecule has 1 amide bonds. The number of benzene rings is 1. The van der Waals surface area contributed by atoms with Crippen LogP contribution in [-0.4, -0.2) is 18.5 Å².